The van der Waals surface area contributed by atoms with Crippen LogP contribution in [-0.4, -0.2) is 43.7 Å². The monoisotopic (exact) mass is 439 g/mol. The summed E-state index contributed by atoms with van der Waals surface area (Å²) >= 11 is 1.38. The molecule has 0 unspecified atom stereocenters. The minimum atomic E-state index is -0.0372. The second-order valence-corrected chi connectivity index (χ2v) is 8.25. The molecule has 6 nitrogen and oxygen atoms in total. The first-order chi connectivity index (χ1) is 15.8. The van der Waals surface area contributed by atoms with Gasteiger partial charge >= 0.3 is 0 Å². The Balaban J connectivity index is 1.36. The number of rotatable bonds is 6. The smallest absolute Gasteiger partial charge is 0.253 e. The van der Waals surface area contributed by atoms with Crippen molar-refractivity contribution in [1.29, 1.82) is 0 Å². The maximum absolute atomic E-state index is 12.9. The molecule has 1 aliphatic heterocycles. The molecule has 2 heterocycles. The van der Waals surface area contributed by atoms with Gasteiger partial charge in [-0.3, -0.25) is 9.36 Å². The summed E-state index contributed by atoms with van der Waals surface area (Å²) in [6, 6.07) is 29.9. The second kappa shape index (κ2) is 9.20. The summed E-state index contributed by atoms with van der Waals surface area (Å²) in [6.45, 7) is 0.601. The van der Waals surface area contributed by atoms with Gasteiger partial charge in [-0.1, -0.05) is 90.6 Å². The molecule has 1 amide bonds. The first-order valence-electron chi connectivity index (χ1n) is 10.4. The Kier molecular flexibility index (Phi) is 5.81. The minimum absolute atomic E-state index is 0.0372. The predicted octanol–water partition coefficient (Wildman–Crippen LogP) is 4.66. The highest BCUT2D eigenvalue weighted by Gasteiger charge is 2.23. The Labute approximate surface area is 190 Å². The van der Waals surface area contributed by atoms with Gasteiger partial charge < -0.3 is 0 Å². The first kappa shape index (κ1) is 20.2. The zero-order valence-electron chi connectivity index (χ0n) is 17.3. The number of nitrogens with zero attached hydrogens (tertiary/aromatic N) is 5. The summed E-state index contributed by atoms with van der Waals surface area (Å²) in [6.07, 6.45) is 0.763. The number of hydrogen-bond donors (Lipinski definition) is 0. The second-order valence-electron chi connectivity index (χ2n) is 7.31. The van der Waals surface area contributed by atoms with Gasteiger partial charge in [0.1, 0.15) is 0 Å². The van der Waals surface area contributed by atoms with Crippen LogP contribution in [0.25, 0.3) is 17.1 Å². The van der Waals surface area contributed by atoms with Gasteiger partial charge in [0.25, 0.3) is 5.91 Å². The highest BCUT2D eigenvalue weighted by molar-refractivity contribution is 7.99. The quantitative estimate of drug-likeness (QED) is 0.410. The van der Waals surface area contributed by atoms with Crippen molar-refractivity contribution in [2.75, 3.05) is 12.3 Å². The third kappa shape index (κ3) is 4.20. The fourth-order valence-electron chi connectivity index (χ4n) is 3.62. The Morgan fingerprint density at radius 1 is 0.812 bits per heavy atom. The summed E-state index contributed by atoms with van der Waals surface area (Å²) in [7, 11) is 0. The minimum Gasteiger partial charge on any atom is -0.272 e. The summed E-state index contributed by atoms with van der Waals surface area (Å²) in [5.41, 5.74) is 3.94. The molecule has 0 saturated heterocycles. The molecule has 32 heavy (non-hydrogen) atoms. The van der Waals surface area contributed by atoms with Crippen molar-refractivity contribution in [3.05, 3.63) is 96.6 Å². The predicted molar refractivity (Wildman–Crippen MR) is 127 cm³/mol. The lowest BCUT2D eigenvalue weighted by atomic mass is 10.1. The summed E-state index contributed by atoms with van der Waals surface area (Å²) in [5.74, 6) is 0.952. The van der Waals surface area contributed by atoms with Crippen LogP contribution >= 0.6 is 11.8 Å². The standard InChI is InChI=1S/C25H21N5OS/c31-23(29-17-16-22(28-29)19-10-4-1-5-11-19)18-32-25-27-26-24(20-12-6-2-7-13-20)30(25)21-14-8-3-9-15-21/h1-15H,16-18H2. The van der Waals surface area contributed by atoms with Crippen molar-refractivity contribution < 1.29 is 4.79 Å². The van der Waals surface area contributed by atoms with E-state index in [0.29, 0.717) is 11.7 Å². The van der Waals surface area contributed by atoms with Crippen LogP contribution in [0.2, 0.25) is 0 Å². The number of amides is 1. The number of para-hydroxylation sites is 1. The van der Waals surface area contributed by atoms with Crippen molar-refractivity contribution in [3.63, 3.8) is 0 Å². The lowest BCUT2D eigenvalue weighted by Crippen LogP contribution is -2.25. The highest BCUT2D eigenvalue weighted by Crippen LogP contribution is 2.28. The van der Waals surface area contributed by atoms with Gasteiger partial charge in [0.2, 0.25) is 0 Å². The van der Waals surface area contributed by atoms with Crippen LogP contribution in [0.5, 0.6) is 0 Å². The molecule has 0 fully saturated rings. The number of carbonyl (C=O) groups is 1. The van der Waals surface area contributed by atoms with Crippen LogP contribution in [0.4, 0.5) is 0 Å². The average molecular weight is 440 g/mol. The van der Waals surface area contributed by atoms with Crippen molar-refractivity contribution in [2.24, 2.45) is 5.10 Å². The number of hydrogen-bond acceptors (Lipinski definition) is 5. The van der Waals surface area contributed by atoms with Crippen LogP contribution in [0.15, 0.2) is 101 Å². The van der Waals surface area contributed by atoms with E-state index in [4.69, 9.17) is 0 Å². The summed E-state index contributed by atoms with van der Waals surface area (Å²) in [4.78, 5) is 12.9. The maximum Gasteiger partial charge on any atom is 0.253 e. The van der Waals surface area contributed by atoms with E-state index in [9.17, 15) is 4.79 Å². The van der Waals surface area contributed by atoms with E-state index in [-0.39, 0.29) is 11.7 Å². The highest BCUT2D eigenvalue weighted by atomic mass is 32.2. The normalized spacial score (nSPS) is 13.2. The van der Waals surface area contributed by atoms with Crippen LogP contribution < -0.4 is 0 Å². The van der Waals surface area contributed by atoms with E-state index in [0.717, 1.165) is 34.8 Å². The maximum atomic E-state index is 12.9. The topological polar surface area (TPSA) is 63.4 Å². The van der Waals surface area contributed by atoms with E-state index in [2.05, 4.69) is 15.3 Å². The van der Waals surface area contributed by atoms with Crippen LogP contribution in [0.1, 0.15) is 12.0 Å². The third-order valence-electron chi connectivity index (χ3n) is 5.20. The van der Waals surface area contributed by atoms with Gasteiger partial charge in [-0.15, -0.1) is 10.2 Å². The molecule has 3 aromatic carbocycles. The molecule has 0 radical (unpaired) electrons. The molecule has 4 aromatic rings. The number of benzene rings is 3. The molecule has 158 valence electrons. The van der Waals surface area contributed by atoms with Crippen molar-refractivity contribution in [3.8, 4) is 17.1 Å². The van der Waals surface area contributed by atoms with Gasteiger partial charge in [0.05, 0.1) is 18.0 Å². The molecule has 1 aliphatic rings. The number of thioether (sulfide) groups is 1. The van der Waals surface area contributed by atoms with E-state index in [1.54, 1.807) is 5.01 Å². The third-order valence-corrected chi connectivity index (χ3v) is 6.11. The van der Waals surface area contributed by atoms with Gasteiger partial charge in [-0.25, -0.2) is 5.01 Å². The van der Waals surface area contributed by atoms with Gasteiger partial charge in [-0.05, 0) is 17.7 Å². The fraction of sp³-hybridized carbons (Fsp3) is 0.120. The Morgan fingerprint density at radius 2 is 1.44 bits per heavy atom. The SMILES string of the molecule is O=C(CSc1nnc(-c2ccccc2)n1-c1ccccc1)N1CCC(c2ccccc2)=N1. The summed E-state index contributed by atoms with van der Waals surface area (Å²) < 4.78 is 2.00. The van der Waals surface area contributed by atoms with E-state index >= 15 is 0 Å². The van der Waals surface area contributed by atoms with E-state index in [1.165, 1.54) is 11.8 Å². The molecule has 1 aromatic heterocycles. The number of carbonyl (C=O) groups excluding carboxylic acids is 1. The average Bonchev–Trinajstić information content (AvgIpc) is 3.52. The largest absolute Gasteiger partial charge is 0.272 e. The molecule has 0 N–H and O–H groups in total. The zero-order valence-corrected chi connectivity index (χ0v) is 18.2. The van der Waals surface area contributed by atoms with Crippen molar-refractivity contribution in [2.45, 2.75) is 11.6 Å². The number of aromatic nitrogens is 3. The molecular formula is C25H21N5OS. The summed E-state index contributed by atoms with van der Waals surface area (Å²) in [5, 5.41) is 15.6. The molecule has 0 aliphatic carbocycles. The van der Waals surface area contributed by atoms with Gasteiger partial charge in [-0.2, -0.15) is 5.10 Å². The van der Waals surface area contributed by atoms with Gasteiger partial charge in [0, 0.05) is 17.7 Å². The Morgan fingerprint density at radius 3 is 2.12 bits per heavy atom. The van der Waals surface area contributed by atoms with Crippen LogP contribution in [0.3, 0.4) is 0 Å². The molecular weight excluding hydrogens is 418 g/mol. The van der Waals surface area contributed by atoms with Crippen molar-refractivity contribution in [1.82, 2.24) is 19.8 Å². The Hall–Kier alpha value is -3.71. The lowest BCUT2D eigenvalue weighted by molar-refractivity contribution is -0.127. The Bertz CT molecular complexity index is 1240. The molecule has 0 spiro atoms. The van der Waals surface area contributed by atoms with E-state index in [1.807, 2.05) is 95.6 Å². The molecule has 7 heteroatoms. The van der Waals surface area contributed by atoms with Crippen molar-refractivity contribution >= 4 is 23.4 Å². The van der Waals surface area contributed by atoms with Gasteiger partial charge in [0.15, 0.2) is 11.0 Å². The zero-order chi connectivity index (χ0) is 21.8. The van der Waals surface area contributed by atoms with Crippen LogP contribution in [-0.2, 0) is 4.79 Å². The molecule has 0 atom stereocenters. The molecule has 0 saturated carbocycles. The number of hydrazone groups is 1. The fourth-order valence-corrected chi connectivity index (χ4v) is 4.44. The molecule has 5 rings (SSSR count). The van der Waals surface area contributed by atoms with Crippen LogP contribution in [0, 0.1) is 0 Å². The first-order valence-corrected chi connectivity index (χ1v) is 11.4. The lowest BCUT2D eigenvalue weighted by Gasteiger charge is -2.12. The van der Waals surface area contributed by atoms with E-state index < -0.39 is 0 Å². The molecule has 0 bridgehead atoms.